The number of hydrogen-bond acceptors (Lipinski definition) is 4. The molecule has 0 radical (unpaired) electrons. The van der Waals surface area contributed by atoms with Crippen molar-refractivity contribution >= 4 is 16.8 Å². The molecular weight excluding hydrogens is 338 g/mol. The predicted octanol–water partition coefficient (Wildman–Crippen LogP) is 3.41. The number of nitrogens with one attached hydrogen (secondary N) is 1. The third-order valence-electron chi connectivity index (χ3n) is 5.74. The standard InChI is InChI=1S/C22H31N3O2/c1-4-17(5-2)21(25-10-12-27-13-11-25)15-23-22(26)19-14-18-8-6-7-9-20(18)24-16(19)3/h6-9,14,17,21H,4-5,10-13,15H2,1-3H3,(H,23,26). The Kier molecular flexibility index (Phi) is 6.80. The Morgan fingerprint density at radius 3 is 2.63 bits per heavy atom. The number of fused-ring (bicyclic) bond motifs is 1. The lowest BCUT2D eigenvalue weighted by Gasteiger charge is -2.38. The lowest BCUT2D eigenvalue weighted by molar-refractivity contribution is 0.00191. The van der Waals surface area contributed by atoms with E-state index >= 15 is 0 Å². The number of ether oxygens (including phenoxy) is 1. The second kappa shape index (κ2) is 9.29. The SMILES string of the molecule is CCC(CC)C(CNC(=O)c1cc2ccccc2nc1C)N1CCOCC1. The second-order valence-corrected chi connectivity index (χ2v) is 7.32. The maximum absolute atomic E-state index is 12.9. The monoisotopic (exact) mass is 369 g/mol. The van der Waals surface area contributed by atoms with Gasteiger partial charge < -0.3 is 10.1 Å². The highest BCUT2D eigenvalue weighted by molar-refractivity contribution is 5.98. The molecule has 1 aliphatic heterocycles. The van der Waals surface area contributed by atoms with Crippen LogP contribution >= 0.6 is 0 Å². The molecule has 1 aromatic carbocycles. The van der Waals surface area contributed by atoms with Crippen molar-refractivity contribution in [2.24, 2.45) is 5.92 Å². The van der Waals surface area contributed by atoms with Crippen molar-refractivity contribution in [2.75, 3.05) is 32.8 Å². The van der Waals surface area contributed by atoms with Crippen molar-refractivity contribution < 1.29 is 9.53 Å². The van der Waals surface area contributed by atoms with E-state index in [1.807, 2.05) is 37.3 Å². The number of nitrogens with zero attached hydrogens (tertiary/aromatic N) is 2. The van der Waals surface area contributed by atoms with Crippen molar-refractivity contribution in [3.8, 4) is 0 Å². The Hall–Kier alpha value is -1.98. The summed E-state index contributed by atoms with van der Waals surface area (Å²) < 4.78 is 5.51. The van der Waals surface area contributed by atoms with E-state index in [1.54, 1.807) is 0 Å². The number of para-hydroxylation sites is 1. The summed E-state index contributed by atoms with van der Waals surface area (Å²) in [6, 6.07) is 10.2. The molecule has 1 fully saturated rings. The number of carbonyl (C=O) groups is 1. The van der Waals surface area contributed by atoms with Crippen molar-refractivity contribution in [1.29, 1.82) is 0 Å². The molecule has 0 aliphatic carbocycles. The quantitative estimate of drug-likeness (QED) is 0.813. The molecule has 3 rings (SSSR count). The minimum Gasteiger partial charge on any atom is -0.379 e. The molecule has 1 N–H and O–H groups in total. The highest BCUT2D eigenvalue weighted by Gasteiger charge is 2.27. The molecular formula is C22H31N3O2. The Morgan fingerprint density at radius 2 is 1.93 bits per heavy atom. The first-order valence-corrected chi connectivity index (χ1v) is 10.1. The number of carbonyl (C=O) groups excluding carboxylic acids is 1. The van der Waals surface area contributed by atoms with E-state index < -0.39 is 0 Å². The fourth-order valence-corrected chi connectivity index (χ4v) is 4.07. The summed E-state index contributed by atoms with van der Waals surface area (Å²) >= 11 is 0. The first-order valence-electron chi connectivity index (χ1n) is 10.1. The van der Waals surface area contributed by atoms with Gasteiger partial charge >= 0.3 is 0 Å². The van der Waals surface area contributed by atoms with Crippen LogP contribution in [0.3, 0.4) is 0 Å². The molecule has 27 heavy (non-hydrogen) atoms. The van der Waals surface area contributed by atoms with Gasteiger partial charge in [-0.15, -0.1) is 0 Å². The average molecular weight is 370 g/mol. The van der Waals surface area contributed by atoms with Crippen LogP contribution < -0.4 is 5.32 Å². The van der Waals surface area contributed by atoms with Crippen molar-refractivity contribution in [1.82, 2.24) is 15.2 Å². The van der Waals surface area contributed by atoms with E-state index in [0.717, 1.165) is 55.7 Å². The highest BCUT2D eigenvalue weighted by Crippen LogP contribution is 2.20. The second-order valence-electron chi connectivity index (χ2n) is 7.32. The van der Waals surface area contributed by atoms with Crippen LogP contribution in [0.25, 0.3) is 10.9 Å². The van der Waals surface area contributed by atoms with E-state index in [0.29, 0.717) is 24.1 Å². The molecule has 5 nitrogen and oxygen atoms in total. The van der Waals surface area contributed by atoms with Crippen molar-refractivity contribution in [3.05, 3.63) is 41.6 Å². The smallest absolute Gasteiger partial charge is 0.253 e. The lowest BCUT2D eigenvalue weighted by Crippen LogP contribution is -2.52. The average Bonchev–Trinajstić information content (AvgIpc) is 2.71. The predicted molar refractivity (Wildman–Crippen MR) is 109 cm³/mol. The van der Waals surface area contributed by atoms with Gasteiger partial charge in [-0.1, -0.05) is 44.9 Å². The van der Waals surface area contributed by atoms with E-state index in [-0.39, 0.29) is 5.91 Å². The van der Waals surface area contributed by atoms with Gasteiger partial charge in [-0.25, -0.2) is 0 Å². The molecule has 1 aromatic heterocycles. The first kappa shape index (κ1) is 19.8. The van der Waals surface area contributed by atoms with E-state index in [2.05, 4.69) is 29.0 Å². The number of aryl methyl sites for hydroxylation is 1. The molecule has 2 heterocycles. The minimum absolute atomic E-state index is 0.0324. The van der Waals surface area contributed by atoms with Crippen molar-refractivity contribution in [2.45, 2.75) is 39.7 Å². The highest BCUT2D eigenvalue weighted by atomic mass is 16.5. The van der Waals surface area contributed by atoms with E-state index in [9.17, 15) is 4.79 Å². The third kappa shape index (κ3) is 4.66. The van der Waals surface area contributed by atoms with Crippen LogP contribution in [0.4, 0.5) is 0 Å². The molecule has 1 saturated heterocycles. The summed E-state index contributed by atoms with van der Waals surface area (Å²) in [5, 5.41) is 4.19. The fraction of sp³-hybridized carbons (Fsp3) is 0.545. The normalized spacial score (nSPS) is 16.6. The number of morpholine rings is 1. The van der Waals surface area contributed by atoms with Crippen LogP contribution in [0.2, 0.25) is 0 Å². The summed E-state index contributed by atoms with van der Waals surface area (Å²) in [5.74, 6) is 0.536. The van der Waals surface area contributed by atoms with Gasteiger partial charge in [0.05, 0.1) is 30.0 Å². The number of benzene rings is 1. The molecule has 1 unspecified atom stereocenters. The fourth-order valence-electron chi connectivity index (χ4n) is 4.07. The van der Waals surface area contributed by atoms with Gasteiger partial charge in [0.25, 0.3) is 5.91 Å². The topological polar surface area (TPSA) is 54.5 Å². The van der Waals surface area contributed by atoms with Gasteiger partial charge in [0, 0.05) is 31.1 Å². The van der Waals surface area contributed by atoms with Gasteiger partial charge in [0.2, 0.25) is 0 Å². The van der Waals surface area contributed by atoms with Crippen LogP contribution in [0.15, 0.2) is 30.3 Å². The van der Waals surface area contributed by atoms with E-state index in [1.165, 1.54) is 0 Å². The molecule has 0 bridgehead atoms. The van der Waals surface area contributed by atoms with Gasteiger partial charge in [0.15, 0.2) is 0 Å². The first-order chi connectivity index (χ1) is 13.1. The van der Waals surface area contributed by atoms with Gasteiger partial charge in [0.1, 0.15) is 0 Å². The Balaban J connectivity index is 1.74. The Morgan fingerprint density at radius 1 is 1.22 bits per heavy atom. The molecule has 1 aliphatic rings. The number of hydrogen-bond donors (Lipinski definition) is 1. The summed E-state index contributed by atoms with van der Waals surface area (Å²) in [7, 11) is 0. The number of amides is 1. The number of pyridine rings is 1. The van der Waals surface area contributed by atoms with Gasteiger partial charge in [-0.05, 0) is 25.0 Å². The maximum Gasteiger partial charge on any atom is 0.253 e. The van der Waals surface area contributed by atoms with Crippen LogP contribution in [0.1, 0.15) is 42.7 Å². The van der Waals surface area contributed by atoms with Crippen LogP contribution in [-0.2, 0) is 4.74 Å². The molecule has 2 aromatic rings. The summed E-state index contributed by atoms with van der Waals surface area (Å²) in [6.45, 7) is 10.5. The molecule has 1 atom stereocenters. The largest absolute Gasteiger partial charge is 0.379 e. The minimum atomic E-state index is -0.0324. The zero-order valence-electron chi connectivity index (χ0n) is 16.7. The van der Waals surface area contributed by atoms with E-state index in [4.69, 9.17) is 4.74 Å². The summed E-state index contributed by atoms with van der Waals surface area (Å²) in [4.78, 5) is 20.0. The molecule has 0 spiro atoms. The van der Waals surface area contributed by atoms with Gasteiger partial charge in [-0.2, -0.15) is 0 Å². The van der Waals surface area contributed by atoms with Crippen LogP contribution in [0, 0.1) is 12.8 Å². The maximum atomic E-state index is 12.9. The summed E-state index contributed by atoms with van der Waals surface area (Å²) in [5.41, 5.74) is 2.37. The molecule has 5 heteroatoms. The van der Waals surface area contributed by atoms with Gasteiger partial charge in [-0.3, -0.25) is 14.7 Å². The van der Waals surface area contributed by atoms with Crippen LogP contribution in [0.5, 0.6) is 0 Å². The zero-order valence-corrected chi connectivity index (χ0v) is 16.7. The number of aromatic nitrogens is 1. The molecule has 0 saturated carbocycles. The molecule has 1 amide bonds. The third-order valence-corrected chi connectivity index (χ3v) is 5.74. The van der Waals surface area contributed by atoms with Crippen molar-refractivity contribution in [3.63, 3.8) is 0 Å². The lowest BCUT2D eigenvalue weighted by atomic mass is 9.92. The summed E-state index contributed by atoms with van der Waals surface area (Å²) in [6.07, 6.45) is 2.23. The Labute approximate surface area is 162 Å². The molecule has 146 valence electrons. The van der Waals surface area contributed by atoms with Crippen LogP contribution in [-0.4, -0.2) is 54.7 Å². The Bertz CT molecular complexity index is 767. The number of rotatable bonds is 7. The zero-order chi connectivity index (χ0) is 19.2.